The monoisotopic (exact) mass is 170 g/mol. The second-order valence-corrected chi connectivity index (χ2v) is 2.66. The van der Waals surface area contributed by atoms with Crippen LogP contribution < -0.4 is 0 Å². The average molecular weight is 170 g/mol. The minimum absolute atomic E-state index is 0.288. The Bertz CT molecular complexity index is 282. The van der Waals surface area contributed by atoms with Gasteiger partial charge in [-0.2, -0.15) is 0 Å². The molecule has 66 valence electrons. The van der Waals surface area contributed by atoms with Gasteiger partial charge in [0.15, 0.2) is 0 Å². The molecule has 0 radical (unpaired) electrons. The molecule has 0 bridgehead atoms. The molecule has 0 saturated heterocycles. The summed E-state index contributed by atoms with van der Waals surface area (Å²) < 4.78 is 5.02. The number of rotatable bonds is 3. The van der Waals surface area contributed by atoms with Crippen molar-refractivity contribution in [3.63, 3.8) is 0 Å². The number of hydrogen-bond acceptors (Lipinski definition) is 4. The molecule has 1 N–H and O–H groups in total. The molecular weight excluding hydrogens is 160 g/mol. The molecule has 1 atom stereocenters. The van der Waals surface area contributed by atoms with Gasteiger partial charge in [-0.1, -0.05) is 6.92 Å². The van der Waals surface area contributed by atoms with Crippen LogP contribution in [0.15, 0.2) is 4.42 Å². The van der Waals surface area contributed by atoms with Gasteiger partial charge in [0.2, 0.25) is 11.8 Å². The lowest BCUT2D eigenvalue weighted by molar-refractivity contribution is -0.141. The van der Waals surface area contributed by atoms with Gasteiger partial charge in [0.1, 0.15) is 0 Å². The van der Waals surface area contributed by atoms with Crippen LogP contribution in [0.25, 0.3) is 0 Å². The molecule has 0 fully saturated rings. The Labute approximate surface area is 69.4 Å². The van der Waals surface area contributed by atoms with E-state index in [1.54, 1.807) is 13.8 Å². The first kappa shape index (κ1) is 8.70. The highest BCUT2D eigenvalue weighted by Gasteiger charge is 2.14. The van der Waals surface area contributed by atoms with Crippen molar-refractivity contribution in [1.29, 1.82) is 0 Å². The molecule has 0 aliphatic carbocycles. The molecule has 1 heterocycles. The van der Waals surface area contributed by atoms with Crippen molar-refractivity contribution in [1.82, 2.24) is 10.2 Å². The fraction of sp³-hybridized carbons (Fsp3) is 0.571. The number of carboxylic acid groups (broad SMARTS) is 1. The first-order valence-electron chi connectivity index (χ1n) is 3.61. The summed E-state index contributed by atoms with van der Waals surface area (Å²) in [5.41, 5.74) is 0. The second-order valence-electron chi connectivity index (χ2n) is 2.66. The van der Waals surface area contributed by atoms with Crippen LogP contribution in [-0.2, 0) is 11.2 Å². The number of aromatic nitrogens is 2. The molecule has 1 aromatic rings. The number of carbonyl (C=O) groups is 1. The Kier molecular flexibility index (Phi) is 2.42. The van der Waals surface area contributed by atoms with E-state index < -0.39 is 11.9 Å². The van der Waals surface area contributed by atoms with E-state index in [1.807, 2.05) is 0 Å². The predicted molar refractivity (Wildman–Crippen MR) is 39.5 cm³/mol. The molecule has 5 nitrogen and oxygen atoms in total. The van der Waals surface area contributed by atoms with E-state index >= 15 is 0 Å². The highest BCUT2D eigenvalue weighted by atomic mass is 16.4. The number of carboxylic acids is 1. The topological polar surface area (TPSA) is 76.2 Å². The van der Waals surface area contributed by atoms with Crippen LogP contribution in [0.5, 0.6) is 0 Å². The van der Waals surface area contributed by atoms with Crippen LogP contribution >= 0.6 is 0 Å². The largest absolute Gasteiger partial charge is 0.481 e. The zero-order valence-electron chi connectivity index (χ0n) is 6.94. The summed E-state index contributed by atoms with van der Waals surface area (Å²) >= 11 is 0. The van der Waals surface area contributed by atoms with Gasteiger partial charge in [0, 0.05) is 13.3 Å². The Morgan fingerprint density at radius 3 is 2.75 bits per heavy atom. The number of hydrogen-bond donors (Lipinski definition) is 1. The predicted octanol–water partition coefficient (Wildman–Crippen LogP) is 0.641. The molecule has 0 saturated carbocycles. The molecule has 5 heteroatoms. The fourth-order valence-electron chi connectivity index (χ4n) is 0.769. The van der Waals surface area contributed by atoms with E-state index in [1.165, 1.54) is 0 Å². The van der Waals surface area contributed by atoms with E-state index in [9.17, 15) is 4.79 Å². The van der Waals surface area contributed by atoms with E-state index in [0.717, 1.165) is 0 Å². The average Bonchev–Trinajstić information content (AvgIpc) is 2.35. The van der Waals surface area contributed by atoms with Gasteiger partial charge in [0.05, 0.1) is 5.92 Å². The third kappa shape index (κ3) is 2.05. The molecule has 0 aliphatic rings. The van der Waals surface area contributed by atoms with Gasteiger partial charge in [-0.25, -0.2) is 0 Å². The summed E-state index contributed by atoms with van der Waals surface area (Å²) in [6, 6.07) is 0. The summed E-state index contributed by atoms with van der Waals surface area (Å²) in [5, 5.41) is 15.8. The number of aliphatic carboxylic acids is 1. The first-order valence-corrected chi connectivity index (χ1v) is 3.61. The maximum atomic E-state index is 10.4. The SMILES string of the molecule is Cc1nnc(CC(C)C(=O)O)o1. The van der Waals surface area contributed by atoms with E-state index in [-0.39, 0.29) is 6.42 Å². The molecular formula is C7H10N2O3. The zero-order valence-corrected chi connectivity index (χ0v) is 6.94. The molecule has 12 heavy (non-hydrogen) atoms. The highest BCUT2D eigenvalue weighted by Crippen LogP contribution is 2.06. The lowest BCUT2D eigenvalue weighted by Crippen LogP contribution is -2.12. The maximum Gasteiger partial charge on any atom is 0.306 e. The molecule has 0 amide bonds. The van der Waals surface area contributed by atoms with Crippen molar-refractivity contribution < 1.29 is 14.3 Å². The van der Waals surface area contributed by atoms with Crippen molar-refractivity contribution in [3.05, 3.63) is 11.8 Å². The second kappa shape index (κ2) is 3.34. The van der Waals surface area contributed by atoms with Gasteiger partial charge in [-0.3, -0.25) is 4.79 Å². The van der Waals surface area contributed by atoms with Crippen LogP contribution in [0.4, 0.5) is 0 Å². The van der Waals surface area contributed by atoms with Crippen LogP contribution in [0.2, 0.25) is 0 Å². The minimum Gasteiger partial charge on any atom is -0.481 e. The first-order chi connectivity index (χ1) is 5.59. The van der Waals surface area contributed by atoms with Crippen LogP contribution in [-0.4, -0.2) is 21.3 Å². The number of aryl methyl sites for hydroxylation is 1. The summed E-state index contributed by atoms with van der Waals surface area (Å²) in [5.74, 6) is -0.499. The van der Waals surface area contributed by atoms with E-state index in [4.69, 9.17) is 9.52 Å². The van der Waals surface area contributed by atoms with Gasteiger partial charge in [0.25, 0.3) is 0 Å². The Morgan fingerprint density at radius 2 is 2.33 bits per heavy atom. The number of nitrogens with zero attached hydrogens (tertiary/aromatic N) is 2. The normalized spacial score (nSPS) is 12.8. The van der Waals surface area contributed by atoms with Crippen molar-refractivity contribution in [2.75, 3.05) is 0 Å². The van der Waals surface area contributed by atoms with Gasteiger partial charge < -0.3 is 9.52 Å². The minimum atomic E-state index is -0.856. The molecule has 0 aromatic carbocycles. The third-order valence-electron chi connectivity index (χ3n) is 1.47. The van der Waals surface area contributed by atoms with Gasteiger partial charge in [-0.15, -0.1) is 10.2 Å². The lowest BCUT2D eigenvalue weighted by Gasteiger charge is -1.99. The molecule has 0 aliphatic heterocycles. The molecule has 1 unspecified atom stereocenters. The van der Waals surface area contributed by atoms with Crippen LogP contribution in [0, 0.1) is 12.8 Å². The zero-order chi connectivity index (χ0) is 9.14. The summed E-state index contributed by atoms with van der Waals surface area (Å²) in [7, 11) is 0. The third-order valence-corrected chi connectivity index (χ3v) is 1.47. The van der Waals surface area contributed by atoms with Crippen LogP contribution in [0.3, 0.4) is 0 Å². The Morgan fingerprint density at radius 1 is 1.67 bits per heavy atom. The van der Waals surface area contributed by atoms with E-state index in [0.29, 0.717) is 11.8 Å². The molecule has 1 rings (SSSR count). The maximum absolute atomic E-state index is 10.4. The smallest absolute Gasteiger partial charge is 0.306 e. The molecule has 1 aromatic heterocycles. The summed E-state index contributed by atoms with van der Waals surface area (Å²) in [6.45, 7) is 3.27. The fourth-order valence-corrected chi connectivity index (χ4v) is 0.769. The van der Waals surface area contributed by atoms with Crippen molar-refractivity contribution >= 4 is 5.97 Å². The van der Waals surface area contributed by atoms with Gasteiger partial charge >= 0.3 is 5.97 Å². The van der Waals surface area contributed by atoms with Crippen LogP contribution in [0.1, 0.15) is 18.7 Å². The Hall–Kier alpha value is -1.39. The molecule has 0 spiro atoms. The lowest BCUT2D eigenvalue weighted by atomic mass is 10.1. The van der Waals surface area contributed by atoms with E-state index in [2.05, 4.69) is 10.2 Å². The highest BCUT2D eigenvalue weighted by molar-refractivity contribution is 5.69. The van der Waals surface area contributed by atoms with Crippen molar-refractivity contribution in [3.8, 4) is 0 Å². The van der Waals surface area contributed by atoms with Crippen molar-refractivity contribution in [2.24, 2.45) is 5.92 Å². The quantitative estimate of drug-likeness (QED) is 0.720. The van der Waals surface area contributed by atoms with Gasteiger partial charge in [-0.05, 0) is 0 Å². The standard InChI is InChI=1S/C7H10N2O3/c1-4(7(10)11)3-6-9-8-5(2)12-6/h4H,3H2,1-2H3,(H,10,11). The van der Waals surface area contributed by atoms with Crippen molar-refractivity contribution in [2.45, 2.75) is 20.3 Å². The summed E-state index contributed by atoms with van der Waals surface area (Å²) in [6.07, 6.45) is 0.288. The summed E-state index contributed by atoms with van der Waals surface area (Å²) in [4.78, 5) is 10.4. The Balaban J connectivity index is 2.58.